The van der Waals surface area contributed by atoms with E-state index in [1.54, 1.807) is 6.07 Å². The van der Waals surface area contributed by atoms with Crippen LogP contribution in [-0.4, -0.2) is 20.0 Å². The van der Waals surface area contributed by atoms with Gasteiger partial charge in [0.25, 0.3) is 0 Å². The van der Waals surface area contributed by atoms with Gasteiger partial charge in [-0.25, -0.2) is 0 Å². The number of phenols is 1. The highest BCUT2D eigenvalue weighted by Crippen LogP contribution is 2.36. The fourth-order valence-electron chi connectivity index (χ4n) is 1.28. The summed E-state index contributed by atoms with van der Waals surface area (Å²) in [7, 11) is -1.67. The first kappa shape index (κ1) is 15.0. The maximum Gasteiger partial charge on any atom is 0.192 e. The van der Waals surface area contributed by atoms with Gasteiger partial charge in [-0.1, -0.05) is 51.1 Å². The third kappa shape index (κ3) is 4.00. The lowest BCUT2D eigenvalue weighted by Gasteiger charge is -2.35. The van der Waals surface area contributed by atoms with Gasteiger partial charge >= 0.3 is 0 Å². The first-order valence-electron chi connectivity index (χ1n) is 6.32. The van der Waals surface area contributed by atoms with Crippen molar-refractivity contribution in [3.05, 3.63) is 35.9 Å². The molecule has 2 nitrogen and oxygen atoms in total. The van der Waals surface area contributed by atoms with E-state index in [2.05, 4.69) is 33.9 Å². The highest BCUT2D eigenvalue weighted by atomic mass is 28.4. The van der Waals surface area contributed by atoms with Crippen LogP contribution < -0.4 is 0 Å². The van der Waals surface area contributed by atoms with Crippen molar-refractivity contribution in [3.8, 4) is 5.75 Å². The molecule has 0 atom stereocenters. The van der Waals surface area contributed by atoms with E-state index in [0.29, 0.717) is 12.4 Å². The number of benzene rings is 1. The number of hydrogen-bond donors (Lipinski definition) is 1. The minimum Gasteiger partial charge on any atom is -0.507 e. The van der Waals surface area contributed by atoms with Crippen LogP contribution in [0.2, 0.25) is 18.1 Å². The van der Waals surface area contributed by atoms with E-state index in [9.17, 15) is 5.11 Å². The molecule has 0 unspecified atom stereocenters. The Hall–Kier alpha value is -1.06. The minimum atomic E-state index is -1.67. The van der Waals surface area contributed by atoms with Crippen LogP contribution in [0.1, 0.15) is 26.3 Å². The first-order valence-corrected chi connectivity index (χ1v) is 9.23. The molecule has 18 heavy (non-hydrogen) atoms. The van der Waals surface area contributed by atoms with Crippen LogP contribution in [0.4, 0.5) is 0 Å². The van der Waals surface area contributed by atoms with E-state index >= 15 is 0 Å². The lowest BCUT2D eigenvalue weighted by molar-refractivity contribution is 0.328. The van der Waals surface area contributed by atoms with Gasteiger partial charge < -0.3 is 9.53 Å². The van der Waals surface area contributed by atoms with Crippen LogP contribution in [0.25, 0.3) is 6.08 Å². The Balaban J connectivity index is 2.55. The summed E-state index contributed by atoms with van der Waals surface area (Å²) in [6.45, 7) is 11.8. The lowest BCUT2D eigenvalue weighted by Crippen LogP contribution is -2.40. The molecule has 100 valence electrons. The minimum absolute atomic E-state index is 0.232. The van der Waals surface area contributed by atoms with E-state index in [1.807, 2.05) is 30.4 Å². The van der Waals surface area contributed by atoms with Crippen molar-refractivity contribution in [2.24, 2.45) is 0 Å². The van der Waals surface area contributed by atoms with Gasteiger partial charge in [0.15, 0.2) is 8.32 Å². The van der Waals surface area contributed by atoms with E-state index in [1.165, 1.54) is 0 Å². The second-order valence-electron chi connectivity index (χ2n) is 6.03. The predicted molar refractivity (Wildman–Crippen MR) is 80.3 cm³/mol. The Morgan fingerprint density at radius 2 is 1.83 bits per heavy atom. The normalized spacial score (nSPS) is 13.2. The van der Waals surface area contributed by atoms with Gasteiger partial charge in [-0.15, -0.1) is 0 Å². The molecule has 1 rings (SSSR count). The Morgan fingerprint density at radius 3 is 2.39 bits per heavy atom. The van der Waals surface area contributed by atoms with Gasteiger partial charge in [0.05, 0.1) is 6.61 Å². The summed E-state index contributed by atoms with van der Waals surface area (Å²) in [5, 5.41) is 9.85. The molecule has 0 saturated carbocycles. The number of aromatic hydroxyl groups is 1. The highest BCUT2D eigenvalue weighted by Gasteiger charge is 2.36. The standard InChI is InChI=1S/C15H24O2Si/c1-15(2,3)18(4,5)17-12-8-10-13-9-6-7-11-14(13)16/h6-11,16H,12H2,1-5H3/b10-8-. The molecule has 0 saturated heterocycles. The van der Waals surface area contributed by atoms with Crippen molar-refractivity contribution in [1.82, 2.24) is 0 Å². The summed E-state index contributed by atoms with van der Waals surface area (Å²) in [6.07, 6.45) is 3.87. The lowest BCUT2D eigenvalue weighted by atomic mass is 10.2. The zero-order valence-corrected chi connectivity index (χ0v) is 13.0. The van der Waals surface area contributed by atoms with Crippen molar-refractivity contribution in [2.45, 2.75) is 38.9 Å². The van der Waals surface area contributed by atoms with Crippen LogP contribution in [-0.2, 0) is 4.43 Å². The third-order valence-electron chi connectivity index (χ3n) is 3.58. The van der Waals surface area contributed by atoms with Gasteiger partial charge in [-0.3, -0.25) is 0 Å². The van der Waals surface area contributed by atoms with Gasteiger partial charge in [0.2, 0.25) is 0 Å². The van der Waals surface area contributed by atoms with E-state index < -0.39 is 8.32 Å². The Bertz CT molecular complexity index is 417. The maximum atomic E-state index is 9.62. The number of phenolic OH excluding ortho intramolecular Hbond substituents is 1. The van der Waals surface area contributed by atoms with Crippen molar-refractivity contribution in [1.29, 1.82) is 0 Å². The van der Waals surface area contributed by atoms with Crippen molar-refractivity contribution < 1.29 is 9.53 Å². The topological polar surface area (TPSA) is 29.5 Å². The molecule has 0 aliphatic heterocycles. The molecule has 3 heteroatoms. The molecule has 1 aromatic rings. The zero-order chi connectivity index (χ0) is 13.8. The summed E-state index contributed by atoms with van der Waals surface area (Å²) in [5.74, 6) is 0.307. The molecular formula is C15H24O2Si. The summed E-state index contributed by atoms with van der Waals surface area (Å²) < 4.78 is 6.03. The van der Waals surface area contributed by atoms with Crippen molar-refractivity contribution in [3.63, 3.8) is 0 Å². The Morgan fingerprint density at radius 1 is 1.22 bits per heavy atom. The van der Waals surface area contributed by atoms with Crippen molar-refractivity contribution >= 4 is 14.4 Å². The molecule has 0 heterocycles. The predicted octanol–water partition coefficient (Wildman–Crippen LogP) is 4.43. The summed E-state index contributed by atoms with van der Waals surface area (Å²) in [5.41, 5.74) is 0.830. The van der Waals surface area contributed by atoms with Gasteiger partial charge in [0, 0.05) is 5.56 Å². The van der Waals surface area contributed by atoms with Crippen LogP contribution in [0.3, 0.4) is 0 Å². The number of para-hydroxylation sites is 1. The van der Waals surface area contributed by atoms with E-state index in [-0.39, 0.29) is 5.04 Å². The molecule has 0 aliphatic rings. The van der Waals surface area contributed by atoms with Crippen LogP contribution in [0.15, 0.2) is 30.3 Å². The molecule has 1 N–H and O–H groups in total. The maximum absolute atomic E-state index is 9.62. The third-order valence-corrected chi connectivity index (χ3v) is 8.08. The average molecular weight is 264 g/mol. The number of hydrogen-bond acceptors (Lipinski definition) is 2. The largest absolute Gasteiger partial charge is 0.507 e. The second-order valence-corrected chi connectivity index (χ2v) is 10.8. The molecule has 0 aliphatic carbocycles. The molecule has 0 bridgehead atoms. The second kappa shape index (κ2) is 5.72. The smallest absolute Gasteiger partial charge is 0.192 e. The molecule has 0 fully saturated rings. The monoisotopic (exact) mass is 264 g/mol. The van der Waals surface area contributed by atoms with Crippen LogP contribution in [0.5, 0.6) is 5.75 Å². The van der Waals surface area contributed by atoms with Crippen LogP contribution >= 0.6 is 0 Å². The molecular weight excluding hydrogens is 240 g/mol. The van der Waals surface area contributed by atoms with E-state index in [4.69, 9.17) is 4.43 Å². The van der Waals surface area contributed by atoms with Gasteiger partial charge in [-0.05, 0) is 24.2 Å². The molecule has 0 radical (unpaired) electrons. The summed E-state index contributed by atoms with van der Waals surface area (Å²) >= 11 is 0. The van der Waals surface area contributed by atoms with E-state index in [0.717, 1.165) is 5.56 Å². The molecule has 0 spiro atoms. The summed E-state index contributed by atoms with van der Waals surface area (Å²) in [4.78, 5) is 0. The van der Waals surface area contributed by atoms with Gasteiger partial charge in [-0.2, -0.15) is 0 Å². The molecule has 0 aromatic heterocycles. The Labute approximate surface area is 111 Å². The SMILES string of the molecule is CC(C)(C)[Si](C)(C)OC/C=C\c1ccccc1O. The van der Waals surface area contributed by atoms with Crippen molar-refractivity contribution in [2.75, 3.05) is 6.61 Å². The zero-order valence-electron chi connectivity index (χ0n) is 12.0. The molecule has 0 amide bonds. The quantitative estimate of drug-likeness (QED) is 0.815. The average Bonchev–Trinajstić information content (AvgIpc) is 2.25. The fraction of sp³-hybridized carbons (Fsp3) is 0.467. The highest BCUT2D eigenvalue weighted by molar-refractivity contribution is 6.74. The first-order chi connectivity index (χ1) is 8.24. The molecule has 1 aromatic carbocycles. The summed E-state index contributed by atoms with van der Waals surface area (Å²) in [6, 6.07) is 7.30. The number of rotatable bonds is 4. The van der Waals surface area contributed by atoms with Crippen LogP contribution in [0, 0.1) is 0 Å². The Kier molecular flexibility index (Phi) is 4.76. The van der Waals surface area contributed by atoms with Gasteiger partial charge in [0.1, 0.15) is 5.75 Å². The fourth-order valence-corrected chi connectivity index (χ4v) is 2.22.